The predicted molar refractivity (Wildman–Crippen MR) is 176 cm³/mol. The minimum absolute atomic E-state index is 0.0468. The van der Waals surface area contributed by atoms with E-state index >= 15 is 0 Å². The van der Waals surface area contributed by atoms with Gasteiger partial charge in [-0.1, -0.05) is 37.3 Å². The lowest BCUT2D eigenvalue weighted by Crippen LogP contribution is -2.49. The standard InChI is InChI=1S/C36H39FN4O5/c1-24-20-41(25(2)23-42)35(43)32-19-29(39-36(44)38-28-13-11-27(37)12-14-28)15-18-33(32)46-34(24)22-40(3)21-26-9-16-31(17-10-26)45-30-7-5-4-6-8-30/h4-19,24-25,34,42H,20-23H2,1-3H3,(H2,38,39,44)/t24-,25+,34+/m1/s1. The lowest BCUT2D eigenvalue weighted by atomic mass is 9.99. The molecular weight excluding hydrogens is 587 g/mol. The van der Waals surface area contributed by atoms with Crippen LogP contribution in [0.2, 0.25) is 0 Å². The third-order valence-electron chi connectivity index (χ3n) is 7.87. The lowest BCUT2D eigenvalue weighted by molar-refractivity contribution is 0.0341. The third-order valence-corrected chi connectivity index (χ3v) is 7.87. The van der Waals surface area contributed by atoms with Gasteiger partial charge in [-0.2, -0.15) is 0 Å². The maximum Gasteiger partial charge on any atom is 0.323 e. The number of benzene rings is 4. The number of hydrogen-bond acceptors (Lipinski definition) is 6. The summed E-state index contributed by atoms with van der Waals surface area (Å²) in [5.41, 5.74) is 2.20. The Hall–Kier alpha value is -4.93. The molecule has 46 heavy (non-hydrogen) atoms. The predicted octanol–water partition coefficient (Wildman–Crippen LogP) is 6.61. The number of amides is 3. The summed E-state index contributed by atoms with van der Waals surface area (Å²) in [6.07, 6.45) is -0.272. The molecule has 0 aromatic heterocycles. The molecule has 0 unspecified atom stereocenters. The second-order valence-corrected chi connectivity index (χ2v) is 11.7. The highest BCUT2D eigenvalue weighted by atomic mass is 19.1. The first kappa shape index (κ1) is 32.5. The van der Waals surface area contributed by atoms with Crippen molar-refractivity contribution >= 4 is 23.3 Å². The van der Waals surface area contributed by atoms with E-state index in [-0.39, 0.29) is 30.1 Å². The van der Waals surface area contributed by atoms with E-state index in [0.29, 0.717) is 36.8 Å². The van der Waals surface area contributed by atoms with Crippen molar-refractivity contribution in [3.63, 3.8) is 0 Å². The Bertz CT molecular complexity index is 1620. The van der Waals surface area contributed by atoms with Gasteiger partial charge in [-0.15, -0.1) is 0 Å². The van der Waals surface area contributed by atoms with E-state index in [0.717, 1.165) is 17.1 Å². The summed E-state index contributed by atoms with van der Waals surface area (Å²) in [4.78, 5) is 30.2. The average Bonchev–Trinajstić information content (AvgIpc) is 3.05. The van der Waals surface area contributed by atoms with Crippen molar-refractivity contribution in [3.05, 3.63) is 114 Å². The maximum atomic E-state index is 13.8. The molecular formula is C36H39FN4O5. The Morgan fingerprint density at radius 2 is 1.65 bits per heavy atom. The van der Waals surface area contributed by atoms with E-state index < -0.39 is 17.9 Å². The number of halogens is 1. The fourth-order valence-electron chi connectivity index (χ4n) is 5.32. The summed E-state index contributed by atoms with van der Waals surface area (Å²) in [5.74, 6) is 1.19. The van der Waals surface area contributed by atoms with Crippen molar-refractivity contribution in [1.82, 2.24) is 9.80 Å². The number of likely N-dealkylation sites (N-methyl/N-ethyl adjacent to an activating group) is 1. The molecule has 1 aliphatic rings. The minimum Gasteiger partial charge on any atom is -0.488 e. The Kier molecular flexibility index (Phi) is 10.5. The van der Waals surface area contributed by atoms with Crippen LogP contribution >= 0.6 is 0 Å². The quantitative estimate of drug-likeness (QED) is 0.183. The molecule has 0 saturated carbocycles. The molecule has 3 atom stereocenters. The average molecular weight is 627 g/mol. The van der Waals surface area contributed by atoms with E-state index in [1.54, 1.807) is 30.0 Å². The van der Waals surface area contributed by atoms with Crippen LogP contribution < -0.4 is 20.1 Å². The molecule has 0 radical (unpaired) electrons. The van der Waals surface area contributed by atoms with Crippen molar-refractivity contribution in [3.8, 4) is 17.2 Å². The summed E-state index contributed by atoms with van der Waals surface area (Å²) in [5, 5.41) is 15.4. The molecule has 5 rings (SSSR count). The fourth-order valence-corrected chi connectivity index (χ4v) is 5.32. The van der Waals surface area contributed by atoms with Gasteiger partial charge in [0.2, 0.25) is 0 Å². The molecule has 10 heteroatoms. The second-order valence-electron chi connectivity index (χ2n) is 11.7. The Morgan fingerprint density at radius 1 is 1.00 bits per heavy atom. The van der Waals surface area contributed by atoms with Gasteiger partial charge < -0.3 is 30.1 Å². The summed E-state index contributed by atoms with van der Waals surface area (Å²) in [6.45, 7) is 5.29. The Balaban J connectivity index is 1.29. The van der Waals surface area contributed by atoms with Crippen molar-refractivity contribution in [2.45, 2.75) is 32.5 Å². The van der Waals surface area contributed by atoms with Gasteiger partial charge in [-0.25, -0.2) is 9.18 Å². The highest BCUT2D eigenvalue weighted by molar-refractivity contribution is 6.02. The molecule has 0 spiro atoms. The number of nitrogens with zero attached hydrogens (tertiary/aromatic N) is 2. The zero-order chi connectivity index (χ0) is 32.6. The van der Waals surface area contributed by atoms with E-state index in [9.17, 15) is 19.1 Å². The van der Waals surface area contributed by atoms with Gasteiger partial charge in [-0.3, -0.25) is 9.69 Å². The molecule has 9 nitrogen and oxygen atoms in total. The molecule has 240 valence electrons. The van der Waals surface area contributed by atoms with E-state index in [2.05, 4.69) is 15.5 Å². The fraction of sp³-hybridized carbons (Fsp3) is 0.278. The van der Waals surface area contributed by atoms with Gasteiger partial charge >= 0.3 is 6.03 Å². The van der Waals surface area contributed by atoms with Crippen LogP contribution in [0.5, 0.6) is 17.2 Å². The van der Waals surface area contributed by atoms with Gasteiger partial charge in [0, 0.05) is 36.9 Å². The van der Waals surface area contributed by atoms with Crippen LogP contribution in [0.15, 0.2) is 97.1 Å². The number of urea groups is 1. The van der Waals surface area contributed by atoms with Crippen LogP contribution in [-0.2, 0) is 6.54 Å². The van der Waals surface area contributed by atoms with Gasteiger partial charge in [-0.05, 0) is 86.3 Å². The topological polar surface area (TPSA) is 103 Å². The van der Waals surface area contributed by atoms with Gasteiger partial charge in [0.25, 0.3) is 5.91 Å². The van der Waals surface area contributed by atoms with Gasteiger partial charge in [0.05, 0.1) is 18.2 Å². The molecule has 3 N–H and O–H groups in total. The zero-order valence-corrected chi connectivity index (χ0v) is 26.2. The molecule has 1 aliphatic heterocycles. The van der Waals surface area contributed by atoms with Gasteiger partial charge in [0.15, 0.2) is 0 Å². The van der Waals surface area contributed by atoms with Crippen LogP contribution in [0.4, 0.5) is 20.6 Å². The van der Waals surface area contributed by atoms with Gasteiger partial charge in [0.1, 0.15) is 29.2 Å². The first-order valence-electron chi connectivity index (χ1n) is 15.2. The third kappa shape index (κ3) is 8.41. The number of aliphatic hydroxyl groups is 1. The van der Waals surface area contributed by atoms with E-state index in [1.165, 1.54) is 24.3 Å². The van der Waals surface area contributed by atoms with Crippen LogP contribution in [0, 0.1) is 11.7 Å². The number of carbonyl (C=O) groups excluding carboxylic acids is 2. The highest BCUT2D eigenvalue weighted by Crippen LogP contribution is 2.31. The first-order chi connectivity index (χ1) is 22.2. The van der Waals surface area contributed by atoms with Crippen LogP contribution in [0.3, 0.4) is 0 Å². The SMILES string of the molecule is C[C@@H]1CN([C@@H](C)CO)C(=O)c2cc(NC(=O)Nc3ccc(F)cc3)ccc2O[C@H]1CN(C)Cc1ccc(Oc2ccccc2)cc1. The monoisotopic (exact) mass is 626 g/mol. The number of anilines is 2. The Morgan fingerprint density at radius 3 is 2.35 bits per heavy atom. The Labute approximate surface area is 268 Å². The molecule has 4 aromatic carbocycles. The number of fused-ring (bicyclic) bond motifs is 1. The summed E-state index contributed by atoms with van der Waals surface area (Å²) in [6, 6.07) is 27.0. The van der Waals surface area contributed by atoms with E-state index in [4.69, 9.17) is 9.47 Å². The molecule has 3 amide bonds. The highest BCUT2D eigenvalue weighted by Gasteiger charge is 2.33. The van der Waals surface area contributed by atoms with Crippen molar-refractivity contribution < 1.29 is 28.6 Å². The van der Waals surface area contributed by atoms with Crippen molar-refractivity contribution in [2.24, 2.45) is 5.92 Å². The number of nitrogens with one attached hydrogen (secondary N) is 2. The normalized spacial score (nSPS) is 16.9. The molecule has 0 saturated heterocycles. The maximum absolute atomic E-state index is 13.8. The number of ether oxygens (including phenoxy) is 2. The number of rotatable bonds is 10. The van der Waals surface area contributed by atoms with Crippen LogP contribution in [0.1, 0.15) is 29.8 Å². The van der Waals surface area contributed by atoms with Crippen molar-refractivity contribution in [1.29, 1.82) is 0 Å². The van der Waals surface area contributed by atoms with Crippen LogP contribution in [0.25, 0.3) is 0 Å². The summed E-state index contributed by atoms with van der Waals surface area (Å²) < 4.78 is 25.7. The smallest absolute Gasteiger partial charge is 0.323 e. The lowest BCUT2D eigenvalue weighted by Gasteiger charge is -2.38. The number of hydrogen-bond donors (Lipinski definition) is 3. The molecule has 4 aromatic rings. The number of carbonyl (C=O) groups is 2. The molecule has 0 aliphatic carbocycles. The second kappa shape index (κ2) is 14.9. The van der Waals surface area contributed by atoms with Crippen LogP contribution in [-0.4, -0.2) is 65.7 Å². The summed E-state index contributed by atoms with van der Waals surface area (Å²) >= 11 is 0. The first-order valence-corrected chi connectivity index (χ1v) is 15.2. The van der Waals surface area contributed by atoms with Crippen molar-refractivity contribution in [2.75, 3.05) is 37.4 Å². The molecule has 1 heterocycles. The molecule has 0 bridgehead atoms. The summed E-state index contributed by atoms with van der Waals surface area (Å²) in [7, 11) is 2.02. The largest absolute Gasteiger partial charge is 0.488 e. The zero-order valence-electron chi connectivity index (χ0n) is 26.2. The van der Waals surface area contributed by atoms with E-state index in [1.807, 2.05) is 68.6 Å². The number of aliphatic hydroxyl groups excluding tert-OH is 1. The number of para-hydroxylation sites is 1. The molecule has 0 fully saturated rings. The minimum atomic E-state index is -0.542.